The van der Waals surface area contributed by atoms with Crippen LogP contribution in [0.25, 0.3) is 0 Å². The molecule has 5 heteroatoms. The zero-order valence-electron chi connectivity index (χ0n) is 7.18. The van der Waals surface area contributed by atoms with E-state index in [1.54, 1.807) is 0 Å². The molecule has 0 radical (unpaired) electrons. The van der Waals surface area contributed by atoms with Gasteiger partial charge in [0.25, 0.3) is 5.97 Å². The Kier molecular flexibility index (Phi) is 166. The SMILES string of the molecule is C=C.CC(=O)O.N.N.[H-].[Na+]. The molecule has 0 saturated carbocycles. The predicted octanol–water partition coefficient (Wildman–Crippen LogP) is -1.67. The van der Waals surface area contributed by atoms with E-state index < -0.39 is 5.97 Å². The van der Waals surface area contributed by atoms with Gasteiger partial charge in [0.2, 0.25) is 0 Å². The maximum atomic E-state index is 9.00. The van der Waals surface area contributed by atoms with Crippen LogP contribution in [-0.2, 0) is 4.79 Å². The van der Waals surface area contributed by atoms with Gasteiger partial charge < -0.3 is 18.8 Å². The summed E-state index contributed by atoms with van der Waals surface area (Å²) >= 11 is 0. The van der Waals surface area contributed by atoms with Crippen molar-refractivity contribution in [2.45, 2.75) is 6.92 Å². The van der Waals surface area contributed by atoms with Crippen LogP contribution in [-0.4, -0.2) is 11.1 Å². The fourth-order valence-corrected chi connectivity index (χ4v) is 0. The van der Waals surface area contributed by atoms with Gasteiger partial charge >= 0.3 is 29.6 Å². The van der Waals surface area contributed by atoms with Crippen LogP contribution in [0.4, 0.5) is 0 Å². The van der Waals surface area contributed by atoms with Crippen LogP contribution in [0.3, 0.4) is 0 Å². The Morgan fingerprint density at radius 3 is 1.44 bits per heavy atom. The summed E-state index contributed by atoms with van der Waals surface area (Å²) < 4.78 is 0. The summed E-state index contributed by atoms with van der Waals surface area (Å²) in [7, 11) is 0. The van der Waals surface area contributed by atoms with Crippen molar-refractivity contribution < 1.29 is 40.9 Å². The molecule has 7 N–H and O–H groups in total. The number of carboxylic acid groups (broad SMARTS) is 1. The zero-order valence-corrected chi connectivity index (χ0v) is 8.18. The van der Waals surface area contributed by atoms with Gasteiger partial charge in [-0.05, 0) is 0 Å². The Hall–Kier alpha value is 0.130. The molecule has 0 atom stereocenters. The Labute approximate surface area is 79.3 Å². The molecular formula is C4H15N2NaO2. The standard InChI is InChI=1S/C2H4O2.C2H4.2H3N.Na.H/c1-2(3)4;1-2;;;;/h1H3,(H,3,4);1-2H2;2*1H3;;/q;;;;+1;-1. The molecule has 0 fully saturated rings. The van der Waals surface area contributed by atoms with Gasteiger partial charge in [0.1, 0.15) is 0 Å². The van der Waals surface area contributed by atoms with E-state index in [4.69, 9.17) is 9.90 Å². The van der Waals surface area contributed by atoms with Crippen molar-refractivity contribution in [1.82, 2.24) is 12.3 Å². The molecule has 0 amide bonds. The van der Waals surface area contributed by atoms with Crippen LogP contribution >= 0.6 is 0 Å². The molecule has 0 aromatic rings. The molecule has 4 nitrogen and oxygen atoms in total. The second kappa shape index (κ2) is 42.2. The summed E-state index contributed by atoms with van der Waals surface area (Å²) in [5.41, 5.74) is 0. The third-order valence-electron chi connectivity index (χ3n) is 0. The van der Waals surface area contributed by atoms with Crippen LogP contribution in [0, 0.1) is 0 Å². The maximum Gasteiger partial charge on any atom is 1.00 e. The minimum Gasteiger partial charge on any atom is -1.00 e. The van der Waals surface area contributed by atoms with Gasteiger partial charge in [-0.3, -0.25) is 4.79 Å². The van der Waals surface area contributed by atoms with E-state index >= 15 is 0 Å². The van der Waals surface area contributed by atoms with Gasteiger partial charge in [-0.15, -0.1) is 13.2 Å². The molecule has 0 aliphatic heterocycles. The number of hydrogen-bond acceptors (Lipinski definition) is 3. The maximum absolute atomic E-state index is 9.00. The molecule has 54 valence electrons. The van der Waals surface area contributed by atoms with E-state index in [2.05, 4.69) is 13.2 Å². The molecule has 0 bridgehead atoms. The van der Waals surface area contributed by atoms with Crippen molar-refractivity contribution in [2.75, 3.05) is 0 Å². The number of carbonyl (C=O) groups is 1. The Bertz CT molecular complexity index is 52.5. The van der Waals surface area contributed by atoms with Crippen molar-refractivity contribution in [1.29, 1.82) is 0 Å². The average molecular weight is 146 g/mol. The van der Waals surface area contributed by atoms with Gasteiger partial charge in [0.05, 0.1) is 0 Å². The summed E-state index contributed by atoms with van der Waals surface area (Å²) in [6.07, 6.45) is 0. The molecule has 0 rings (SSSR count). The normalized spacial score (nSPS) is 3.22. The van der Waals surface area contributed by atoms with Gasteiger partial charge in [-0.2, -0.15) is 0 Å². The largest absolute Gasteiger partial charge is 1.00 e. The van der Waals surface area contributed by atoms with Gasteiger partial charge in [-0.25, -0.2) is 0 Å². The molecule has 0 aliphatic rings. The van der Waals surface area contributed by atoms with Crippen molar-refractivity contribution >= 4 is 5.97 Å². The minimum atomic E-state index is -0.833. The molecule has 9 heavy (non-hydrogen) atoms. The van der Waals surface area contributed by atoms with E-state index in [-0.39, 0.29) is 43.3 Å². The van der Waals surface area contributed by atoms with E-state index in [0.717, 1.165) is 6.92 Å². The predicted molar refractivity (Wildman–Crippen MR) is 35.7 cm³/mol. The van der Waals surface area contributed by atoms with Crippen LogP contribution in [0.15, 0.2) is 13.2 Å². The Morgan fingerprint density at radius 1 is 1.44 bits per heavy atom. The molecule has 0 aromatic carbocycles. The molecule has 0 aliphatic carbocycles. The summed E-state index contributed by atoms with van der Waals surface area (Å²) in [6, 6.07) is 0. The fraction of sp³-hybridized carbons (Fsp3) is 0.250. The Balaban J connectivity index is -0.00000000625. The van der Waals surface area contributed by atoms with Crippen molar-refractivity contribution in [3.8, 4) is 0 Å². The third kappa shape index (κ3) is 18100. The van der Waals surface area contributed by atoms with Gasteiger partial charge in [-0.1, -0.05) is 0 Å². The zero-order chi connectivity index (χ0) is 5.58. The molecule has 0 unspecified atom stereocenters. The first-order valence-electron chi connectivity index (χ1n) is 1.43. The van der Waals surface area contributed by atoms with E-state index in [1.807, 2.05) is 0 Å². The van der Waals surface area contributed by atoms with E-state index in [0.29, 0.717) is 0 Å². The van der Waals surface area contributed by atoms with Gasteiger partial charge in [0.15, 0.2) is 0 Å². The molecular weight excluding hydrogens is 131 g/mol. The van der Waals surface area contributed by atoms with Crippen LogP contribution < -0.4 is 41.9 Å². The molecule has 0 saturated heterocycles. The fourth-order valence-electron chi connectivity index (χ4n) is 0. The quantitative estimate of drug-likeness (QED) is 0.280. The summed E-state index contributed by atoms with van der Waals surface area (Å²) in [5, 5.41) is 7.42. The van der Waals surface area contributed by atoms with Gasteiger partial charge in [0, 0.05) is 6.92 Å². The van der Waals surface area contributed by atoms with Crippen molar-refractivity contribution in [2.24, 2.45) is 0 Å². The topological polar surface area (TPSA) is 107 Å². The second-order valence-corrected chi connectivity index (χ2v) is 0.519. The van der Waals surface area contributed by atoms with E-state index in [9.17, 15) is 0 Å². The minimum absolute atomic E-state index is 0. The number of aliphatic carboxylic acids is 1. The van der Waals surface area contributed by atoms with Crippen LogP contribution in [0.5, 0.6) is 0 Å². The third-order valence-corrected chi connectivity index (χ3v) is 0. The number of hydrogen-bond donors (Lipinski definition) is 3. The first-order valence-corrected chi connectivity index (χ1v) is 1.43. The summed E-state index contributed by atoms with van der Waals surface area (Å²) in [5.74, 6) is -0.833. The Morgan fingerprint density at radius 2 is 1.44 bits per heavy atom. The van der Waals surface area contributed by atoms with Crippen LogP contribution in [0.1, 0.15) is 8.35 Å². The molecule has 0 aromatic heterocycles. The second-order valence-electron chi connectivity index (χ2n) is 0.519. The first kappa shape index (κ1) is 35.4. The van der Waals surface area contributed by atoms with Crippen molar-refractivity contribution in [3.05, 3.63) is 13.2 Å². The molecule has 0 spiro atoms. The van der Waals surface area contributed by atoms with Crippen LogP contribution in [0.2, 0.25) is 0 Å². The monoisotopic (exact) mass is 146 g/mol. The van der Waals surface area contributed by atoms with E-state index in [1.165, 1.54) is 0 Å². The average Bonchev–Trinajstić information content (AvgIpc) is 1.41. The smallest absolute Gasteiger partial charge is 1.00 e. The summed E-state index contributed by atoms with van der Waals surface area (Å²) in [6.45, 7) is 7.08. The first-order chi connectivity index (χ1) is 2.73. The number of carboxylic acids is 1. The molecule has 0 heterocycles. The van der Waals surface area contributed by atoms with Crippen molar-refractivity contribution in [3.63, 3.8) is 0 Å². The summed E-state index contributed by atoms with van der Waals surface area (Å²) in [4.78, 5) is 9.00. The number of rotatable bonds is 0.